The molecule has 2 aromatic heterocycles. The Labute approximate surface area is 160 Å². The van der Waals surface area contributed by atoms with E-state index in [2.05, 4.69) is 20.6 Å². The molecule has 2 N–H and O–H groups in total. The third-order valence-corrected chi connectivity index (χ3v) is 4.35. The minimum Gasteiger partial charge on any atom is -0.352 e. The molecule has 23 heavy (non-hydrogen) atoms. The Bertz CT molecular complexity index is 769. The number of hydrogen-bond donors (Lipinski definition) is 2. The summed E-state index contributed by atoms with van der Waals surface area (Å²) >= 11 is 7.77. The van der Waals surface area contributed by atoms with Crippen LogP contribution in [-0.2, 0) is 13.1 Å². The molecule has 0 fully saturated rings. The predicted octanol–water partition coefficient (Wildman–Crippen LogP) is 3.53. The Balaban J connectivity index is 0.00000192. The minimum atomic E-state index is 0. The van der Waals surface area contributed by atoms with Gasteiger partial charge in [0.2, 0.25) is 0 Å². The number of benzene rings is 1. The molecule has 122 valence electrons. The van der Waals surface area contributed by atoms with Crippen LogP contribution in [0.2, 0.25) is 5.02 Å². The summed E-state index contributed by atoms with van der Waals surface area (Å²) < 4.78 is 2.02. The predicted molar refractivity (Wildman–Crippen MR) is 107 cm³/mol. The van der Waals surface area contributed by atoms with Crippen molar-refractivity contribution in [3.8, 4) is 0 Å². The van der Waals surface area contributed by atoms with Gasteiger partial charge in [0.15, 0.2) is 10.9 Å². The van der Waals surface area contributed by atoms with E-state index in [-0.39, 0.29) is 24.0 Å². The van der Waals surface area contributed by atoms with Gasteiger partial charge in [0, 0.05) is 36.4 Å². The molecule has 0 saturated heterocycles. The van der Waals surface area contributed by atoms with Crippen LogP contribution in [0, 0.1) is 0 Å². The number of guanidine groups is 1. The molecule has 0 spiro atoms. The van der Waals surface area contributed by atoms with Crippen molar-refractivity contribution in [1.82, 2.24) is 20.0 Å². The van der Waals surface area contributed by atoms with E-state index >= 15 is 0 Å². The maximum atomic E-state index is 6.14. The third-order valence-electron chi connectivity index (χ3n) is 3.21. The van der Waals surface area contributed by atoms with Gasteiger partial charge in [-0.1, -0.05) is 29.8 Å². The van der Waals surface area contributed by atoms with Crippen LogP contribution in [0.1, 0.15) is 11.3 Å². The van der Waals surface area contributed by atoms with Crippen LogP contribution >= 0.6 is 46.9 Å². The monoisotopic (exact) mass is 461 g/mol. The summed E-state index contributed by atoms with van der Waals surface area (Å²) in [5.41, 5.74) is 2.02. The van der Waals surface area contributed by atoms with Crippen molar-refractivity contribution in [2.24, 2.45) is 4.99 Å². The molecule has 1 aromatic carbocycles. The van der Waals surface area contributed by atoms with Crippen LogP contribution in [0.3, 0.4) is 0 Å². The SMILES string of the molecule is CN=C(NCc1cn2ccsc2n1)NCc1ccccc1Cl.I. The first-order valence-electron chi connectivity index (χ1n) is 6.85. The molecule has 0 aliphatic rings. The summed E-state index contributed by atoms with van der Waals surface area (Å²) in [4.78, 5) is 9.73. The van der Waals surface area contributed by atoms with Gasteiger partial charge in [-0.25, -0.2) is 4.98 Å². The van der Waals surface area contributed by atoms with Gasteiger partial charge in [-0.3, -0.25) is 9.39 Å². The van der Waals surface area contributed by atoms with Crippen molar-refractivity contribution in [1.29, 1.82) is 0 Å². The Morgan fingerprint density at radius 3 is 2.83 bits per heavy atom. The number of thiazole rings is 1. The van der Waals surface area contributed by atoms with Crippen LogP contribution in [0.4, 0.5) is 0 Å². The fourth-order valence-corrected chi connectivity index (χ4v) is 3.00. The van der Waals surface area contributed by atoms with E-state index in [0.29, 0.717) is 13.1 Å². The van der Waals surface area contributed by atoms with Crippen molar-refractivity contribution >= 4 is 57.8 Å². The molecule has 3 aromatic rings. The molecule has 2 heterocycles. The first-order chi connectivity index (χ1) is 10.8. The topological polar surface area (TPSA) is 53.7 Å². The minimum absolute atomic E-state index is 0. The van der Waals surface area contributed by atoms with Crippen LogP contribution < -0.4 is 10.6 Å². The molecule has 0 saturated carbocycles. The first kappa shape index (κ1) is 18.0. The number of nitrogens with one attached hydrogen (secondary N) is 2. The third kappa shape index (κ3) is 4.58. The number of nitrogens with zero attached hydrogens (tertiary/aromatic N) is 3. The van der Waals surface area contributed by atoms with Gasteiger partial charge in [-0.2, -0.15) is 0 Å². The molecule has 0 aliphatic heterocycles. The molecule has 8 heteroatoms. The lowest BCUT2D eigenvalue weighted by atomic mass is 10.2. The fourth-order valence-electron chi connectivity index (χ4n) is 2.08. The van der Waals surface area contributed by atoms with E-state index < -0.39 is 0 Å². The second-order valence-electron chi connectivity index (χ2n) is 4.70. The highest BCUT2D eigenvalue weighted by atomic mass is 127. The maximum Gasteiger partial charge on any atom is 0.193 e. The van der Waals surface area contributed by atoms with E-state index in [1.807, 2.05) is 46.4 Å². The van der Waals surface area contributed by atoms with E-state index in [1.54, 1.807) is 18.4 Å². The molecule has 0 unspecified atom stereocenters. The molecule has 5 nitrogen and oxygen atoms in total. The fraction of sp³-hybridized carbons (Fsp3) is 0.200. The van der Waals surface area contributed by atoms with Crippen molar-refractivity contribution in [3.63, 3.8) is 0 Å². The molecular weight excluding hydrogens is 445 g/mol. The Kier molecular flexibility index (Phi) is 6.67. The average molecular weight is 462 g/mol. The van der Waals surface area contributed by atoms with E-state index in [0.717, 1.165) is 27.2 Å². The number of rotatable bonds is 4. The van der Waals surface area contributed by atoms with E-state index in [4.69, 9.17) is 11.6 Å². The second kappa shape index (κ2) is 8.51. The highest BCUT2D eigenvalue weighted by Gasteiger charge is 2.05. The molecule has 0 radical (unpaired) electrons. The molecular formula is C15H17ClIN5S. The highest BCUT2D eigenvalue weighted by Crippen LogP contribution is 2.14. The zero-order valence-electron chi connectivity index (χ0n) is 12.5. The Hall–Kier alpha value is -1.32. The van der Waals surface area contributed by atoms with Crippen LogP contribution in [-0.4, -0.2) is 22.4 Å². The maximum absolute atomic E-state index is 6.14. The smallest absolute Gasteiger partial charge is 0.193 e. The standard InChI is InChI=1S/C15H16ClN5S.HI/c1-17-14(18-8-11-4-2-3-5-13(11)16)19-9-12-10-21-6-7-22-15(21)20-12;/h2-7,10H,8-9H2,1H3,(H2,17,18,19);1H. The number of hydrogen-bond acceptors (Lipinski definition) is 3. The van der Waals surface area contributed by atoms with Gasteiger partial charge >= 0.3 is 0 Å². The summed E-state index contributed by atoms with van der Waals surface area (Å²) in [5, 5.41) is 9.26. The van der Waals surface area contributed by atoms with Crippen LogP contribution in [0.5, 0.6) is 0 Å². The van der Waals surface area contributed by atoms with Crippen LogP contribution in [0.15, 0.2) is 47.0 Å². The average Bonchev–Trinajstić information content (AvgIpc) is 3.10. The van der Waals surface area contributed by atoms with Crippen molar-refractivity contribution in [2.75, 3.05) is 7.05 Å². The highest BCUT2D eigenvalue weighted by molar-refractivity contribution is 14.0. The quantitative estimate of drug-likeness (QED) is 0.355. The molecule has 0 bridgehead atoms. The zero-order chi connectivity index (χ0) is 15.4. The Morgan fingerprint density at radius 2 is 2.09 bits per heavy atom. The Morgan fingerprint density at radius 1 is 1.30 bits per heavy atom. The largest absolute Gasteiger partial charge is 0.352 e. The van der Waals surface area contributed by atoms with Gasteiger partial charge < -0.3 is 10.6 Å². The van der Waals surface area contributed by atoms with E-state index in [1.165, 1.54) is 0 Å². The molecule has 3 rings (SSSR count). The van der Waals surface area contributed by atoms with Crippen molar-refractivity contribution in [2.45, 2.75) is 13.1 Å². The lowest BCUT2D eigenvalue weighted by molar-refractivity contribution is 0.798. The first-order valence-corrected chi connectivity index (χ1v) is 8.11. The summed E-state index contributed by atoms with van der Waals surface area (Å²) in [7, 11) is 1.74. The number of imidazole rings is 1. The molecule has 0 amide bonds. The number of halogens is 2. The summed E-state index contributed by atoms with van der Waals surface area (Å²) in [5.74, 6) is 0.719. The number of aliphatic imine (C=N–C) groups is 1. The number of fused-ring (bicyclic) bond motifs is 1. The normalized spacial score (nSPS) is 11.3. The van der Waals surface area contributed by atoms with Gasteiger partial charge in [-0.15, -0.1) is 35.3 Å². The summed E-state index contributed by atoms with van der Waals surface area (Å²) in [6, 6.07) is 7.76. The zero-order valence-corrected chi connectivity index (χ0v) is 16.4. The molecule has 0 aliphatic carbocycles. The van der Waals surface area contributed by atoms with Gasteiger partial charge in [-0.05, 0) is 11.6 Å². The lowest BCUT2D eigenvalue weighted by Gasteiger charge is -2.11. The van der Waals surface area contributed by atoms with Gasteiger partial charge in [0.1, 0.15) is 0 Å². The lowest BCUT2D eigenvalue weighted by Crippen LogP contribution is -2.36. The summed E-state index contributed by atoms with van der Waals surface area (Å²) in [6.07, 6.45) is 4.02. The second-order valence-corrected chi connectivity index (χ2v) is 5.98. The molecule has 0 atom stereocenters. The van der Waals surface area contributed by atoms with Crippen molar-refractivity contribution < 1.29 is 0 Å². The number of aromatic nitrogens is 2. The summed E-state index contributed by atoms with van der Waals surface area (Å²) in [6.45, 7) is 1.24. The van der Waals surface area contributed by atoms with Crippen molar-refractivity contribution in [3.05, 3.63) is 58.3 Å². The van der Waals surface area contributed by atoms with Crippen LogP contribution in [0.25, 0.3) is 4.96 Å². The van der Waals surface area contributed by atoms with Gasteiger partial charge in [0.25, 0.3) is 0 Å². The van der Waals surface area contributed by atoms with Gasteiger partial charge in [0.05, 0.1) is 12.2 Å². The van der Waals surface area contributed by atoms with E-state index in [9.17, 15) is 0 Å².